The first kappa shape index (κ1) is 19.3. The van der Waals surface area contributed by atoms with E-state index in [0.29, 0.717) is 23.8 Å². The van der Waals surface area contributed by atoms with Crippen LogP contribution in [0.1, 0.15) is 32.0 Å². The van der Waals surface area contributed by atoms with Crippen LogP contribution in [0.3, 0.4) is 0 Å². The fourth-order valence-electron chi connectivity index (χ4n) is 2.76. The summed E-state index contributed by atoms with van der Waals surface area (Å²) in [4.78, 5) is 13.6. The highest BCUT2D eigenvalue weighted by Gasteiger charge is 2.45. The highest BCUT2D eigenvalue weighted by Crippen LogP contribution is 2.34. The van der Waals surface area contributed by atoms with Crippen molar-refractivity contribution in [1.29, 1.82) is 0 Å². The second-order valence-electron chi connectivity index (χ2n) is 6.40. The number of pyridine rings is 1. The molecule has 0 amide bonds. The van der Waals surface area contributed by atoms with Crippen LogP contribution in [-0.4, -0.2) is 48.4 Å². The number of hydrogen-bond donors (Lipinski definition) is 1. The molecule has 0 aliphatic carbocycles. The third-order valence-electron chi connectivity index (χ3n) is 4.59. The lowest BCUT2D eigenvalue weighted by Gasteiger charge is -2.36. The molecular formula is C16H18F3N5O2S. The van der Waals surface area contributed by atoms with E-state index in [1.165, 1.54) is 6.92 Å². The van der Waals surface area contributed by atoms with Gasteiger partial charge in [-0.15, -0.1) is 0 Å². The van der Waals surface area contributed by atoms with Crippen LogP contribution in [0.4, 0.5) is 13.2 Å². The van der Waals surface area contributed by atoms with Crippen molar-refractivity contribution in [2.75, 3.05) is 12.8 Å². The maximum Gasteiger partial charge on any atom is 0.417 e. The molecule has 3 rings (SSSR count). The molecule has 0 radical (unpaired) electrons. The molecule has 146 valence electrons. The number of hydrogen-bond acceptors (Lipinski definition) is 7. The van der Waals surface area contributed by atoms with Gasteiger partial charge in [-0.1, -0.05) is 6.92 Å². The zero-order chi connectivity index (χ0) is 20.2. The average Bonchev–Trinajstić information content (AvgIpc) is 2.85. The van der Waals surface area contributed by atoms with Gasteiger partial charge in [-0.3, -0.25) is 4.98 Å². The van der Waals surface area contributed by atoms with Crippen molar-refractivity contribution in [3.05, 3.63) is 35.4 Å². The first-order valence-corrected chi connectivity index (χ1v) is 9.72. The Kier molecular flexibility index (Phi) is 4.33. The molecule has 1 aromatic rings. The molecule has 3 heterocycles. The second-order valence-corrected chi connectivity index (χ2v) is 8.65. The molecule has 2 aliphatic heterocycles. The zero-order valence-electron chi connectivity index (χ0n) is 15.1. The minimum Gasteiger partial charge on any atom is -0.361 e. The van der Waals surface area contributed by atoms with E-state index in [1.807, 2.05) is 0 Å². The number of allylic oxidation sites excluding steroid dienone is 1. The minimum absolute atomic E-state index is 0.132. The molecule has 0 saturated carbocycles. The van der Waals surface area contributed by atoms with Gasteiger partial charge in [0.1, 0.15) is 5.69 Å². The Morgan fingerprint density at radius 3 is 2.56 bits per heavy atom. The Balaban J connectivity index is 2.22. The standard InChI is InChI=1S/C16H18F3N5O2S/c1-5-27(25,26)11-6-10(16(17,18)19)8-20-12(11)13-23-14-15(3,24(13)4)21-7-9(2)22-14/h6-8,21H,5H2,1-4H3. The quantitative estimate of drug-likeness (QED) is 0.839. The molecule has 0 bridgehead atoms. The highest BCUT2D eigenvalue weighted by molar-refractivity contribution is 7.91. The number of fused-ring (bicyclic) bond motifs is 1. The lowest BCUT2D eigenvalue weighted by molar-refractivity contribution is -0.138. The van der Waals surface area contributed by atoms with Gasteiger partial charge in [0.25, 0.3) is 0 Å². The number of amidine groups is 2. The van der Waals surface area contributed by atoms with Crippen LogP contribution in [0.2, 0.25) is 0 Å². The van der Waals surface area contributed by atoms with Crippen molar-refractivity contribution in [3.8, 4) is 0 Å². The molecule has 27 heavy (non-hydrogen) atoms. The van der Waals surface area contributed by atoms with E-state index in [-0.39, 0.29) is 17.3 Å². The fourth-order valence-corrected chi connectivity index (χ4v) is 3.81. The first-order chi connectivity index (χ1) is 12.4. The SMILES string of the molecule is CCS(=O)(=O)c1cc(C(F)(F)F)cnc1C1=NC2=NC(C)=CNC2(C)N1C. The van der Waals surface area contributed by atoms with Crippen LogP contribution in [0, 0.1) is 0 Å². The third kappa shape index (κ3) is 3.09. The van der Waals surface area contributed by atoms with E-state index in [1.54, 1.807) is 32.0 Å². The first-order valence-electron chi connectivity index (χ1n) is 8.06. The van der Waals surface area contributed by atoms with Crippen molar-refractivity contribution < 1.29 is 21.6 Å². The molecule has 1 aromatic heterocycles. The Morgan fingerprint density at radius 2 is 1.96 bits per heavy atom. The number of alkyl halides is 3. The predicted molar refractivity (Wildman–Crippen MR) is 94.0 cm³/mol. The summed E-state index contributed by atoms with van der Waals surface area (Å²) in [6.45, 7) is 4.90. The number of likely N-dealkylation sites (N-methyl/N-ethyl adjacent to an activating group) is 1. The van der Waals surface area contributed by atoms with Gasteiger partial charge in [0.15, 0.2) is 27.2 Å². The van der Waals surface area contributed by atoms with Gasteiger partial charge in [0.2, 0.25) is 0 Å². The van der Waals surface area contributed by atoms with Gasteiger partial charge in [-0.25, -0.2) is 18.4 Å². The van der Waals surface area contributed by atoms with Crippen LogP contribution in [0.15, 0.2) is 39.0 Å². The molecule has 2 aliphatic rings. The molecule has 0 aromatic carbocycles. The maximum atomic E-state index is 13.1. The molecule has 0 spiro atoms. The minimum atomic E-state index is -4.71. The van der Waals surface area contributed by atoms with Crippen LogP contribution >= 0.6 is 0 Å². The summed E-state index contributed by atoms with van der Waals surface area (Å²) in [6, 6.07) is 0.612. The van der Waals surface area contributed by atoms with Gasteiger partial charge < -0.3 is 10.2 Å². The number of nitrogens with zero attached hydrogens (tertiary/aromatic N) is 4. The molecule has 7 nitrogen and oxygen atoms in total. The summed E-state index contributed by atoms with van der Waals surface area (Å²) >= 11 is 0. The van der Waals surface area contributed by atoms with Gasteiger partial charge in [0, 0.05) is 19.4 Å². The zero-order valence-corrected chi connectivity index (χ0v) is 15.9. The van der Waals surface area contributed by atoms with E-state index in [4.69, 9.17) is 0 Å². The summed E-state index contributed by atoms with van der Waals surface area (Å²) < 4.78 is 64.2. The number of sulfone groups is 1. The van der Waals surface area contributed by atoms with Gasteiger partial charge in [-0.2, -0.15) is 13.2 Å². The monoisotopic (exact) mass is 401 g/mol. The molecule has 0 fully saturated rings. The average molecular weight is 401 g/mol. The predicted octanol–water partition coefficient (Wildman–Crippen LogP) is 2.17. The number of rotatable bonds is 3. The Hall–Kier alpha value is -2.43. The largest absolute Gasteiger partial charge is 0.417 e. The highest BCUT2D eigenvalue weighted by atomic mass is 32.2. The molecule has 1 unspecified atom stereocenters. The summed E-state index contributed by atoms with van der Waals surface area (Å²) in [5, 5.41) is 3.13. The lowest BCUT2D eigenvalue weighted by Crippen LogP contribution is -2.57. The summed E-state index contributed by atoms with van der Waals surface area (Å²) in [5.74, 6) is 0.144. The summed E-state index contributed by atoms with van der Waals surface area (Å²) in [7, 11) is -2.34. The smallest absolute Gasteiger partial charge is 0.361 e. The normalized spacial score (nSPS) is 22.6. The van der Waals surface area contributed by atoms with E-state index in [2.05, 4.69) is 20.3 Å². The summed E-state index contributed by atoms with van der Waals surface area (Å²) in [5.41, 5.74) is -1.45. The maximum absolute atomic E-state index is 13.1. The van der Waals surface area contributed by atoms with Crippen molar-refractivity contribution in [1.82, 2.24) is 15.2 Å². The van der Waals surface area contributed by atoms with E-state index < -0.39 is 32.1 Å². The Morgan fingerprint density at radius 1 is 1.30 bits per heavy atom. The molecular weight excluding hydrogens is 383 g/mol. The second kappa shape index (κ2) is 6.04. The molecule has 1 N–H and O–H groups in total. The molecule has 0 saturated heterocycles. The van der Waals surface area contributed by atoms with Crippen molar-refractivity contribution in [2.24, 2.45) is 9.98 Å². The van der Waals surface area contributed by atoms with Crippen LogP contribution in [-0.2, 0) is 16.0 Å². The number of halogens is 3. The van der Waals surface area contributed by atoms with E-state index >= 15 is 0 Å². The number of aliphatic imine (C=N–C) groups is 2. The van der Waals surface area contributed by atoms with Crippen LogP contribution in [0.5, 0.6) is 0 Å². The third-order valence-corrected chi connectivity index (χ3v) is 6.33. The molecule has 1 atom stereocenters. The van der Waals surface area contributed by atoms with Gasteiger partial charge in [0.05, 0.1) is 21.9 Å². The van der Waals surface area contributed by atoms with Gasteiger partial charge >= 0.3 is 6.18 Å². The number of aromatic nitrogens is 1. The van der Waals surface area contributed by atoms with Crippen molar-refractivity contribution >= 4 is 21.5 Å². The summed E-state index contributed by atoms with van der Waals surface area (Å²) in [6.07, 6.45) is -2.41. The topological polar surface area (TPSA) is 87.0 Å². The van der Waals surface area contributed by atoms with Crippen molar-refractivity contribution in [2.45, 2.75) is 37.5 Å². The van der Waals surface area contributed by atoms with E-state index in [9.17, 15) is 21.6 Å². The van der Waals surface area contributed by atoms with E-state index in [0.717, 1.165) is 0 Å². The van der Waals surface area contributed by atoms with Crippen LogP contribution < -0.4 is 5.32 Å². The van der Waals surface area contributed by atoms with Gasteiger partial charge in [-0.05, 0) is 19.9 Å². The van der Waals surface area contributed by atoms with Crippen LogP contribution in [0.25, 0.3) is 0 Å². The lowest BCUT2D eigenvalue weighted by atomic mass is 10.1. The fraction of sp³-hybridized carbons (Fsp3) is 0.438. The van der Waals surface area contributed by atoms with Crippen molar-refractivity contribution in [3.63, 3.8) is 0 Å². The Labute approximate surface area is 154 Å². The molecule has 11 heteroatoms. The Bertz CT molecular complexity index is 998. The number of nitrogens with one attached hydrogen (secondary N) is 1.